The molecule has 0 aliphatic carbocycles. The van der Waals surface area contributed by atoms with Crippen LogP contribution in [0.25, 0.3) is 0 Å². The van der Waals surface area contributed by atoms with Gasteiger partial charge in [-0.15, -0.1) is 0 Å². The quantitative estimate of drug-likeness (QED) is 0.758. The molecule has 2 heteroatoms. The third kappa shape index (κ3) is 4.14. The SMILES string of the molecule is CC(C)(C)P(CCc1ccccn1)c1ccccc1. The summed E-state index contributed by atoms with van der Waals surface area (Å²) >= 11 is 0. The van der Waals surface area contributed by atoms with Crippen LogP contribution >= 0.6 is 7.92 Å². The normalized spacial score (nSPS) is 13.2. The lowest BCUT2D eigenvalue weighted by Gasteiger charge is -2.32. The molecule has 0 aliphatic rings. The van der Waals surface area contributed by atoms with Gasteiger partial charge in [-0.3, -0.25) is 4.98 Å². The molecule has 1 unspecified atom stereocenters. The van der Waals surface area contributed by atoms with Gasteiger partial charge in [-0.05, 0) is 35.2 Å². The Morgan fingerprint density at radius 1 is 0.947 bits per heavy atom. The molecule has 0 spiro atoms. The van der Waals surface area contributed by atoms with Crippen LogP contribution in [0, 0.1) is 0 Å². The zero-order chi connectivity index (χ0) is 13.7. The van der Waals surface area contributed by atoms with Gasteiger partial charge in [0.05, 0.1) is 0 Å². The lowest BCUT2D eigenvalue weighted by molar-refractivity contribution is 0.783. The Morgan fingerprint density at radius 3 is 2.21 bits per heavy atom. The molecule has 0 aliphatic heterocycles. The van der Waals surface area contributed by atoms with Gasteiger partial charge in [0, 0.05) is 11.9 Å². The lowest BCUT2D eigenvalue weighted by atomic mass is 10.2. The molecule has 1 nitrogen and oxygen atoms in total. The molecular weight excluding hydrogens is 249 g/mol. The van der Waals surface area contributed by atoms with Crippen molar-refractivity contribution in [3.63, 3.8) is 0 Å². The Bertz CT molecular complexity index is 488. The average Bonchev–Trinajstić information content (AvgIpc) is 2.40. The summed E-state index contributed by atoms with van der Waals surface area (Å²) in [7, 11) is -0.160. The van der Waals surface area contributed by atoms with Crippen molar-refractivity contribution in [2.24, 2.45) is 0 Å². The summed E-state index contributed by atoms with van der Waals surface area (Å²) in [5.74, 6) is 0. The van der Waals surface area contributed by atoms with Crippen LogP contribution in [0.4, 0.5) is 0 Å². The second-order valence-electron chi connectivity index (χ2n) is 5.73. The summed E-state index contributed by atoms with van der Waals surface area (Å²) in [5.41, 5.74) is 1.20. The summed E-state index contributed by atoms with van der Waals surface area (Å²) in [6.45, 7) is 7.05. The van der Waals surface area contributed by atoms with Gasteiger partial charge in [0.15, 0.2) is 0 Å². The standard InChI is InChI=1S/C17H22NP/c1-17(2,3)19(16-10-5-4-6-11-16)14-12-15-9-7-8-13-18-15/h4-11,13H,12,14H2,1-3H3. The van der Waals surface area contributed by atoms with Gasteiger partial charge in [-0.1, -0.05) is 65.1 Å². The minimum atomic E-state index is -0.160. The maximum Gasteiger partial charge on any atom is 0.0407 e. The van der Waals surface area contributed by atoms with E-state index < -0.39 is 0 Å². The second-order valence-corrected chi connectivity index (χ2v) is 8.89. The van der Waals surface area contributed by atoms with Crippen molar-refractivity contribution in [3.8, 4) is 0 Å². The molecule has 1 atom stereocenters. The number of pyridine rings is 1. The van der Waals surface area contributed by atoms with Crippen LogP contribution in [0.5, 0.6) is 0 Å². The minimum absolute atomic E-state index is 0.160. The van der Waals surface area contributed by atoms with Crippen LogP contribution < -0.4 is 5.30 Å². The molecule has 0 saturated heterocycles. The van der Waals surface area contributed by atoms with E-state index in [9.17, 15) is 0 Å². The summed E-state index contributed by atoms with van der Waals surface area (Å²) in [5, 5.41) is 1.84. The molecule has 0 bridgehead atoms. The molecule has 1 heterocycles. The van der Waals surface area contributed by atoms with Crippen LogP contribution in [0.3, 0.4) is 0 Å². The van der Waals surface area contributed by atoms with Crippen LogP contribution in [0.15, 0.2) is 54.7 Å². The number of aryl methyl sites for hydroxylation is 1. The van der Waals surface area contributed by atoms with Crippen LogP contribution in [0.1, 0.15) is 26.5 Å². The zero-order valence-corrected chi connectivity index (χ0v) is 12.9. The number of aromatic nitrogens is 1. The predicted octanol–water partition coefficient (Wildman–Crippen LogP) is 4.23. The summed E-state index contributed by atoms with van der Waals surface area (Å²) in [6, 6.07) is 17.1. The lowest BCUT2D eigenvalue weighted by Crippen LogP contribution is -2.22. The zero-order valence-electron chi connectivity index (χ0n) is 12.0. The smallest absolute Gasteiger partial charge is 0.0407 e. The Kier molecular flexibility index (Phi) is 4.71. The van der Waals surface area contributed by atoms with Crippen molar-refractivity contribution in [1.29, 1.82) is 0 Å². The van der Waals surface area contributed by atoms with Gasteiger partial charge in [-0.2, -0.15) is 0 Å². The Balaban J connectivity index is 2.12. The van der Waals surface area contributed by atoms with E-state index in [4.69, 9.17) is 0 Å². The number of hydrogen-bond acceptors (Lipinski definition) is 1. The van der Waals surface area contributed by atoms with Gasteiger partial charge >= 0.3 is 0 Å². The fourth-order valence-electron chi connectivity index (χ4n) is 2.23. The van der Waals surface area contributed by atoms with Crippen molar-refractivity contribution in [2.75, 3.05) is 6.16 Å². The van der Waals surface area contributed by atoms with Crippen LogP contribution in [-0.4, -0.2) is 16.3 Å². The number of benzene rings is 1. The number of nitrogens with zero attached hydrogens (tertiary/aromatic N) is 1. The maximum atomic E-state index is 4.44. The maximum absolute atomic E-state index is 4.44. The molecule has 0 fully saturated rings. The summed E-state index contributed by atoms with van der Waals surface area (Å²) in [4.78, 5) is 4.44. The first kappa shape index (κ1) is 14.2. The monoisotopic (exact) mass is 271 g/mol. The Morgan fingerprint density at radius 2 is 1.63 bits per heavy atom. The van der Waals surface area contributed by atoms with Crippen molar-refractivity contribution in [3.05, 3.63) is 60.4 Å². The molecule has 1 aromatic heterocycles. The van der Waals surface area contributed by atoms with E-state index in [0.717, 1.165) is 6.42 Å². The first-order valence-electron chi connectivity index (χ1n) is 6.80. The molecule has 0 amide bonds. The highest BCUT2D eigenvalue weighted by molar-refractivity contribution is 7.67. The highest BCUT2D eigenvalue weighted by Gasteiger charge is 2.25. The Labute approximate surface area is 117 Å². The van der Waals surface area contributed by atoms with E-state index in [-0.39, 0.29) is 7.92 Å². The van der Waals surface area contributed by atoms with Crippen molar-refractivity contribution in [1.82, 2.24) is 4.98 Å². The first-order valence-corrected chi connectivity index (χ1v) is 8.33. The molecular formula is C17H22NP. The first-order chi connectivity index (χ1) is 9.07. The molecule has 2 aromatic rings. The molecule has 1 aromatic carbocycles. The van der Waals surface area contributed by atoms with E-state index in [0.29, 0.717) is 5.16 Å². The molecule has 2 rings (SSSR count). The number of rotatable bonds is 4. The van der Waals surface area contributed by atoms with Crippen LogP contribution in [0.2, 0.25) is 0 Å². The van der Waals surface area contributed by atoms with Gasteiger partial charge in [0.25, 0.3) is 0 Å². The fourth-order valence-corrected chi connectivity index (χ4v) is 4.92. The third-order valence-electron chi connectivity index (χ3n) is 3.20. The molecule has 19 heavy (non-hydrogen) atoms. The minimum Gasteiger partial charge on any atom is -0.261 e. The van der Waals surface area contributed by atoms with E-state index in [2.05, 4.69) is 68.2 Å². The average molecular weight is 271 g/mol. The van der Waals surface area contributed by atoms with Crippen molar-refractivity contribution >= 4 is 13.2 Å². The molecule has 100 valence electrons. The highest BCUT2D eigenvalue weighted by atomic mass is 31.1. The van der Waals surface area contributed by atoms with E-state index >= 15 is 0 Å². The fraction of sp³-hybridized carbons (Fsp3) is 0.353. The molecule has 0 saturated carbocycles. The highest BCUT2D eigenvalue weighted by Crippen LogP contribution is 2.48. The largest absolute Gasteiger partial charge is 0.261 e. The van der Waals surface area contributed by atoms with Gasteiger partial charge in [0.2, 0.25) is 0 Å². The summed E-state index contributed by atoms with van der Waals surface area (Å²) < 4.78 is 0. The van der Waals surface area contributed by atoms with Crippen LogP contribution in [-0.2, 0) is 6.42 Å². The van der Waals surface area contributed by atoms with Crippen molar-refractivity contribution in [2.45, 2.75) is 32.3 Å². The topological polar surface area (TPSA) is 12.9 Å². The van der Waals surface area contributed by atoms with Crippen molar-refractivity contribution < 1.29 is 0 Å². The predicted molar refractivity (Wildman–Crippen MR) is 85.6 cm³/mol. The van der Waals surface area contributed by atoms with Gasteiger partial charge in [0.1, 0.15) is 0 Å². The Hall–Kier alpha value is -1.20. The van der Waals surface area contributed by atoms with Gasteiger partial charge in [-0.25, -0.2) is 0 Å². The van der Waals surface area contributed by atoms with Gasteiger partial charge < -0.3 is 0 Å². The molecule has 0 radical (unpaired) electrons. The third-order valence-corrected chi connectivity index (χ3v) is 6.41. The second kappa shape index (κ2) is 6.30. The number of hydrogen-bond donors (Lipinski definition) is 0. The van der Waals surface area contributed by atoms with E-state index in [1.807, 2.05) is 12.3 Å². The molecule has 0 N–H and O–H groups in total. The summed E-state index contributed by atoms with van der Waals surface area (Å²) in [6.07, 6.45) is 4.16. The van der Waals surface area contributed by atoms with E-state index in [1.54, 1.807) is 0 Å². The van der Waals surface area contributed by atoms with E-state index in [1.165, 1.54) is 17.2 Å².